The van der Waals surface area contributed by atoms with Crippen LogP contribution in [0.5, 0.6) is 5.75 Å². The first kappa shape index (κ1) is 20.5. The van der Waals surface area contributed by atoms with Gasteiger partial charge in [0.25, 0.3) is 0 Å². The van der Waals surface area contributed by atoms with Gasteiger partial charge < -0.3 is 15.4 Å². The van der Waals surface area contributed by atoms with Gasteiger partial charge in [-0.25, -0.2) is 0 Å². The Bertz CT molecular complexity index is 1140. The number of benzene rings is 4. The number of anilines is 2. The highest BCUT2D eigenvalue weighted by molar-refractivity contribution is 5.98. The molecular formula is C27H26N2O2. The lowest BCUT2D eigenvalue weighted by Gasteiger charge is -2.14. The molecule has 0 spiro atoms. The van der Waals surface area contributed by atoms with Crippen LogP contribution in [-0.2, 0) is 11.2 Å². The number of hydrogen-bond donors (Lipinski definition) is 2. The molecular weight excluding hydrogens is 384 g/mol. The Hall–Kier alpha value is -3.79. The van der Waals surface area contributed by atoms with Crippen molar-refractivity contribution in [3.63, 3.8) is 0 Å². The summed E-state index contributed by atoms with van der Waals surface area (Å²) >= 11 is 0. The van der Waals surface area contributed by atoms with Crippen LogP contribution in [0.4, 0.5) is 11.4 Å². The van der Waals surface area contributed by atoms with E-state index < -0.39 is 0 Å². The molecule has 0 saturated heterocycles. The molecule has 0 heterocycles. The monoisotopic (exact) mass is 410 g/mol. The van der Waals surface area contributed by atoms with Gasteiger partial charge in [0.1, 0.15) is 5.75 Å². The Morgan fingerprint density at radius 3 is 2.35 bits per heavy atom. The van der Waals surface area contributed by atoms with Crippen molar-refractivity contribution in [1.82, 2.24) is 0 Å². The molecule has 4 nitrogen and oxygen atoms in total. The molecule has 0 aliphatic rings. The molecule has 4 heteroatoms. The predicted molar refractivity (Wildman–Crippen MR) is 128 cm³/mol. The lowest BCUT2D eigenvalue weighted by molar-refractivity contribution is -0.114. The van der Waals surface area contributed by atoms with E-state index in [2.05, 4.69) is 34.9 Å². The van der Waals surface area contributed by atoms with Crippen LogP contribution in [-0.4, -0.2) is 19.1 Å². The van der Waals surface area contributed by atoms with Gasteiger partial charge in [0.2, 0.25) is 5.91 Å². The van der Waals surface area contributed by atoms with Gasteiger partial charge in [0, 0.05) is 11.1 Å². The van der Waals surface area contributed by atoms with Crippen LogP contribution < -0.4 is 15.4 Å². The Kier molecular flexibility index (Phi) is 6.81. The fourth-order valence-electron chi connectivity index (χ4n) is 3.55. The third kappa shape index (κ3) is 5.64. The number of rotatable bonds is 9. The molecule has 4 aromatic carbocycles. The average Bonchev–Trinajstić information content (AvgIpc) is 2.82. The van der Waals surface area contributed by atoms with Gasteiger partial charge in [0.15, 0.2) is 0 Å². The summed E-state index contributed by atoms with van der Waals surface area (Å²) in [5.41, 5.74) is 2.93. The zero-order chi connectivity index (χ0) is 21.3. The fourth-order valence-corrected chi connectivity index (χ4v) is 3.55. The highest BCUT2D eigenvalue weighted by Gasteiger charge is 2.08. The van der Waals surface area contributed by atoms with Gasteiger partial charge in [0.05, 0.1) is 18.8 Å². The van der Waals surface area contributed by atoms with E-state index in [-0.39, 0.29) is 12.5 Å². The molecule has 4 aromatic rings. The van der Waals surface area contributed by atoms with E-state index in [0.717, 1.165) is 29.3 Å². The lowest BCUT2D eigenvalue weighted by atomic mass is 10.1. The van der Waals surface area contributed by atoms with Crippen molar-refractivity contribution < 1.29 is 9.53 Å². The molecule has 0 fully saturated rings. The molecule has 4 rings (SSSR count). The smallest absolute Gasteiger partial charge is 0.243 e. The van der Waals surface area contributed by atoms with Gasteiger partial charge >= 0.3 is 0 Å². The Morgan fingerprint density at radius 1 is 0.742 bits per heavy atom. The molecule has 0 aliphatic carbocycles. The van der Waals surface area contributed by atoms with Crippen molar-refractivity contribution in [2.75, 3.05) is 23.8 Å². The zero-order valence-corrected chi connectivity index (χ0v) is 17.4. The van der Waals surface area contributed by atoms with Crippen LogP contribution in [0.25, 0.3) is 10.8 Å². The molecule has 156 valence electrons. The lowest BCUT2D eigenvalue weighted by Crippen LogP contribution is -2.22. The van der Waals surface area contributed by atoms with Crippen LogP contribution in [0, 0.1) is 0 Å². The summed E-state index contributed by atoms with van der Waals surface area (Å²) in [6, 6.07) is 32.1. The minimum Gasteiger partial charge on any atom is -0.491 e. The maximum absolute atomic E-state index is 12.6. The van der Waals surface area contributed by atoms with Crippen LogP contribution in [0.15, 0.2) is 97.1 Å². The van der Waals surface area contributed by atoms with Gasteiger partial charge in [-0.05, 0) is 42.0 Å². The number of carbonyl (C=O) groups excluding carboxylic acids is 1. The molecule has 0 aromatic heterocycles. The van der Waals surface area contributed by atoms with E-state index in [1.165, 1.54) is 5.56 Å². The first-order chi connectivity index (χ1) is 15.3. The van der Waals surface area contributed by atoms with E-state index in [4.69, 9.17) is 4.74 Å². The maximum Gasteiger partial charge on any atom is 0.243 e. The molecule has 0 aliphatic heterocycles. The molecule has 0 radical (unpaired) electrons. The van der Waals surface area contributed by atoms with E-state index in [1.807, 2.05) is 72.8 Å². The van der Waals surface area contributed by atoms with Gasteiger partial charge in [-0.15, -0.1) is 0 Å². The molecule has 1 amide bonds. The highest BCUT2D eigenvalue weighted by Crippen LogP contribution is 2.25. The SMILES string of the molecule is O=C(CNc1cccc2ccccc12)Nc1ccccc1OCCCc1ccccc1. The Balaban J connectivity index is 1.31. The largest absolute Gasteiger partial charge is 0.491 e. The van der Waals surface area contributed by atoms with Gasteiger partial charge in [-0.1, -0.05) is 78.9 Å². The standard InChI is InChI=1S/C27H26N2O2/c30-27(20-28-24-17-8-14-22-13-4-5-15-23(22)24)29-25-16-6-7-18-26(25)31-19-9-12-21-10-2-1-3-11-21/h1-8,10-11,13-18,28H,9,12,19-20H2,(H,29,30). The summed E-state index contributed by atoms with van der Waals surface area (Å²) < 4.78 is 5.95. The van der Waals surface area contributed by atoms with Crippen molar-refractivity contribution >= 4 is 28.1 Å². The molecule has 31 heavy (non-hydrogen) atoms. The molecule has 0 bridgehead atoms. The predicted octanol–water partition coefficient (Wildman–Crippen LogP) is 5.90. The minimum absolute atomic E-state index is 0.117. The number of aryl methyl sites for hydroxylation is 1. The normalized spacial score (nSPS) is 10.6. The van der Waals surface area contributed by atoms with Crippen LogP contribution in [0.3, 0.4) is 0 Å². The topological polar surface area (TPSA) is 50.4 Å². The van der Waals surface area contributed by atoms with Crippen molar-refractivity contribution in [2.45, 2.75) is 12.8 Å². The van der Waals surface area contributed by atoms with Crippen molar-refractivity contribution in [3.05, 3.63) is 103 Å². The number of para-hydroxylation sites is 2. The average molecular weight is 411 g/mol. The summed E-state index contributed by atoms with van der Waals surface area (Å²) in [5, 5.41) is 8.44. The summed E-state index contributed by atoms with van der Waals surface area (Å²) in [7, 11) is 0. The van der Waals surface area contributed by atoms with Gasteiger partial charge in [-0.3, -0.25) is 4.79 Å². The molecule has 0 atom stereocenters. The first-order valence-corrected chi connectivity index (χ1v) is 10.6. The second-order valence-electron chi connectivity index (χ2n) is 7.36. The van der Waals surface area contributed by atoms with Crippen LogP contribution in [0.2, 0.25) is 0 Å². The fraction of sp³-hybridized carbons (Fsp3) is 0.148. The number of carbonyl (C=O) groups is 1. The number of nitrogens with one attached hydrogen (secondary N) is 2. The van der Waals surface area contributed by atoms with E-state index >= 15 is 0 Å². The number of hydrogen-bond acceptors (Lipinski definition) is 3. The number of ether oxygens (including phenoxy) is 1. The summed E-state index contributed by atoms with van der Waals surface area (Å²) in [5.74, 6) is 0.572. The van der Waals surface area contributed by atoms with Crippen molar-refractivity contribution in [1.29, 1.82) is 0 Å². The molecule has 0 unspecified atom stereocenters. The highest BCUT2D eigenvalue weighted by atomic mass is 16.5. The number of fused-ring (bicyclic) bond motifs is 1. The summed E-state index contributed by atoms with van der Waals surface area (Å²) in [6.45, 7) is 0.770. The second-order valence-corrected chi connectivity index (χ2v) is 7.36. The summed E-state index contributed by atoms with van der Waals surface area (Å²) in [4.78, 5) is 12.6. The van der Waals surface area contributed by atoms with E-state index in [9.17, 15) is 4.79 Å². The van der Waals surface area contributed by atoms with E-state index in [0.29, 0.717) is 18.0 Å². The van der Waals surface area contributed by atoms with Crippen LogP contribution >= 0.6 is 0 Å². The molecule has 0 saturated carbocycles. The van der Waals surface area contributed by atoms with E-state index in [1.54, 1.807) is 0 Å². The summed E-state index contributed by atoms with van der Waals surface area (Å²) in [6.07, 6.45) is 1.87. The van der Waals surface area contributed by atoms with Gasteiger partial charge in [-0.2, -0.15) is 0 Å². The molecule has 2 N–H and O–H groups in total. The second kappa shape index (κ2) is 10.3. The zero-order valence-electron chi connectivity index (χ0n) is 17.4. The van der Waals surface area contributed by atoms with Crippen LogP contribution in [0.1, 0.15) is 12.0 Å². The number of amides is 1. The van der Waals surface area contributed by atoms with Crippen molar-refractivity contribution in [3.8, 4) is 5.75 Å². The maximum atomic E-state index is 12.6. The quantitative estimate of drug-likeness (QED) is 0.338. The Labute approximate surface area is 182 Å². The van der Waals surface area contributed by atoms with Crippen molar-refractivity contribution in [2.24, 2.45) is 0 Å². The first-order valence-electron chi connectivity index (χ1n) is 10.6. The minimum atomic E-state index is -0.117. The third-order valence-corrected chi connectivity index (χ3v) is 5.10. The Morgan fingerprint density at radius 2 is 1.45 bits per heavy atom. The third-order valence-electron chi connectivity index (χ3n) is 5.10.